The maximum absolute atomic E-state index is 11.3. The van der Waals surface area contributed by atoms with Crippen molar-refractivity contribution >= 4 is 39.0 Å². The van der Waals surface area contributed by atoms with E-state index < -0.39 is 0 Å². The van der Waals surface area contributed by atoms with Gasteiger partial charge in [-0.25, -0.2) is 4.98 Å². The van der Waals surface area contributed by atoms with Gasteiger partial charge >= 0.3 is 0 Å². The summed E-state index contributed by atoms with van der Waals surface area (Å²) in [5, 5.41) is 13.7. The molecular formula is C18H24N6OS. The number of nitrogens with one attached hydrogen (secondary N) is 3. The number of thiophene rings is 1. The van der Waals surface area contributed by atoms with Gasteiger partial charge in [0.25, 0.3) is 0 Å². The van der Waals surface area contributed by atoms with Crippen LogP contribution >= 0.6 is 11.3 Å². The van der Waals surface area contributed by atoms with Gasteiger partial charge in [-0.1, -0.05) is 0 Å². The van der Waals surface area contributed by atoms with Crippen molar-refractivity contribution in [3.8, 4) is 10.6 Å². The van der Waals surface area contributed by atoms with Crippen molar-refractivity contribution in [2.24, 2.45) is 0 Å². The van der Waals surface area contributed by atoms with Crippen LogP contribution in [0.4, 0.5) is 11.5 Å². The first kappa shape index (κ1) is 18.2. The molecule has 26 heavy (non-hydrogen) atoms. The second kappa shape index (κ2) is 7.74. The summed E-state index contributed by atoms with van der Waals surface area (Å²) >= 11 is 1.71. The molecule has 0 aromatic carbocycles. The minimum absolute atomic E-state index is 0.0897. The normalized spacial score (nSPS) is 10.9. The van der Waals surface area contributed by atoms with E-state index in [1.54, 1.807) is 29.4 Å². The number of rotatable bonds is 7. The molecule has 0 saturated heterocycles. The Morgan fingerprint density at radius 2 is 2.23 bits per heavy atom. The molecule has 3 aromatic heterocycles. The summed E-state index contributed by atoms with van der Waals surface area (Å²) in [7, 11) is 3.70. The number of aromatic amines is 1. The highest BCUT2D eigenvalue weighted by Gasteiger charge is 2.16. The van der Waals surface area contributed by atoms with Crippen LogP contribution in [0, 0.1) is 6.92 Å². The molecule has 3 N–H and O–H groups in total. The highest BCUT2D eigenvalue weighted by atomic mass is 32.1. The van der Waals surface area contributed by atoms with Crippen LogP contribution in [0.5, 0.6) is 0 Å². The zero-order valence-corrected chi connectivity index (χ0v) is 16.3. The second-order valence-corrected chi connectivity index (χ2v) is 7.25. The summed E-state index contributed by atoms with van der Waals surface area (Å²) < 4.78 is 1.13. The monoisotopic (exact) mass is 372 g/mol. The highest BCUT2D eigenvalue weighted by Crippen LogP contribution is 2.40. The summed E-state index contributed by atoms with van der Waals surface area (Å²) in [6.45, 7) is 5.20. The highest BCUT2D eigenvalue weighted by molar-refractivity contribution is 7.23. The first-order chi connectivity index (χ1) is 12.5. The van der Waals surface area contributed by atoms with Crippen LogP contribution in [-0.2, 0) is 4.79 Å². The van der Waals surface area contributed by atoms with E-state index in [2.05, 4.69) is 27.8 Å². The van der Waals surface area contributed by atoms with Gasteiger partial charge < -0.3 is 15.5 Å². The van der Waals surface area contributed by atoms with Gasteiger partial charge in [0.2, 0.25) is 5.91 Å². The predicted octanol–water partition coefficient (Wildman–Crippen LogP) is 3.32. The Morgan fingerprint density at radius 1 is 1.42 bits per heavy atom. The molecule has 0 fully saturated rings. The van der Waals surface area contributed by atoms with Crippen LogP contribution < -0.4 is 10.6 Å². The van der Waals surface area contributed by atoms with Gasteiger partial charge in [-0.05, 0) is 25.0 Å². The summed E-state index contributed by atoms with van der Waals surface area (Å²) in [6, 6.07) is 4.01. The number of amides is 1. The number of hydrogen-bond donors (Lipinski definition) is 3. The third kappa shape index (κ3) is 3.65. The predicted molar refractivity (Wildman–Crippen MR) is 108 cm³/mol. The maximum atomic E-state index is 11.3. The Balaban J connectivity index is 1.86. The molecule has 3 heterocycles. The quantitative estimate of drug-likeness (QED) is 0.554. The third-order valence-corrected chi connectivity index (χ3v) is 5.75. The standard InChI is InChI=1S/C18H24N6OS/c1-11-16-18(26-17(11)13-6-8-21-23-13)14(10-15(19-3)22-16)20-7-5-9-24(4)12(2)25/h6,8,10H,5,7,9H2,1-4H3,(H,21,23)(H2,19,20,22). The van der Waals surface area contributed by atoms with E-state index in [1.165, 1.54) is 0 Å². The minimum Gasteiger partial charge on any atom is -0.384 e. The number of fused-ring (bicyclic) bond motifs is 1. The van der Waals surface area contributed by atoms with Crippen LogP contribution in [0.3, 0.4) is 0 Å². The topological polar surface area (TPSA) is 85.9 Å². The van der Waals surface area contributed by atoms with Crippen molar-refractivity contribution < 1.29 is 4.79 Å². The number of hydrogen-bond acceptors (Lipinski definition) is 6. The lowest BCUT2D eigenvalue weighted by Crippen LogP contribution is -2.26. The van der Waals surface area contributed by atoms with Gasteiger partial charge in [-0.3, -0.25) is 9.89 Å². The fourth-order valence-electron chi connectivity index (χ4n) is 2.77. The van der Waals surface area contributed by atoms with Crippen LogP contribution in [0.1, 0.15) is 18.9 Å². The molecule has 0 aliphatic heterocycles. The van der Waals surface area contributed by atoms with Crippen LogP contribution in [-0.4, -0.2) is 53.2 Å². The second-order valence-electron chi connectivity index (χ2n) is 6.23. The minimum atomic E-state index is 0.0897. The van der Waals surface area contributed by atoms with E-state index in [9.17, 15) is 4.79 Å². The summed E-state index contributed by atoms with van der Waals surface area (Å²) in [5.74, 6) is 0.921. The third-order valence-electron chi connectivity index (χ3n) is 4.40. The Labute approximate surface area is 156 Å². The fourth-order valence-corrected chi connectivity index (χ4v) is 3.99. The number of aromatic nitrogens is 3. The Kier molecular flexibility index (Phi) is 5.41. The van der Waals surface area contributed by atoms with E-state index >= 15 is 0 Å². The molecule has 0 spiro atoms. The van der Waals surface area contributed by atoms with Gasteiger partial charge in [0.15, 0.2) is 0 Å². The number of carbonyl (C=O) groups excluding carboxylic acids is 1. The largest absolute Gasteiger partial charge is 0.384 e. The van der Waals surface area contributed by atoms with Crippen molar-refractivity contribution in [3.63, 3.8) is 0 Å². The number of pyridine rings is 1. The van der Waals surface area contributed by atoms with Crippen molar-refractivity contribution in [3.05, 3.63) is 23.9 Å². The molecule has 0 bridgehead atoms. The molecule has 0 radical (unpaired) electrons. The summed E-state index contributed by atoms with van der Waals surface area (Å²) in [5.41, 5.74) is 4.20. The van der Waals surface area contributed by atoms with Crippen molar-refractivity contribution in [1.82, 2.24) is 20.1 Å². The molecule has 0 aliphatic carbocycles. The average molecular weight is 372 g/mol. The summed E-state index contributed by atoms with van der Waals surface area (Å²) in [6.07, 6.45) is 2.64. The van der Waals surface area contributed by atoms with Crippen molar-refractivity contribution in [2.75, 3.05) is 37.8 Å². The van der Waals surface area contributed by atoms with E-state index in [0.717, 1.165) is 57.4 Å². The Morgan fingerprint density at radius 3 is 2.88 bits per heavy atom. The fraction of sp³-hybridized carbons (Fsp3) is 0.389. The molecule has 0 atom stereocenters. The maximum Gasteiger partial charge on any atom is 0.219 e. The lowest BCUT2D eigenvalue weighted by atomic mass is 10.2. The van der Waals surface area contributed by atoms with Crippen LogP contribution in [0.25, 0.3) is 20.8 Å². The number of carbonyl (C=O) groups is 1. The lowest BCUT2D eigenvalue weighted by Gasteiger charge is -2.15. The van der Waals surface area contributed by atoms with Crippen molar-refractivity contribution in [2.45, 2.75) is 20.3 Å². The molecule has 7 nitrogen and oxygen atoms in total. The Bertz CT molecular complexity index is 902. The molecule has 138 valence electrons. The zero-order chi connectivity index (χ0) is 18.7. The molecule has 1 amide bonds. The Hall–Kier alpha value is -2.61. The summed E-state index contributed by atoms with van der Waals surface area (Å²) in [4.78, 5) is 18.9. The zero-order valence-electron chi connectivity index (χ0n) is 15.5. The van der Waals surface area contributed by atoms with E-state index in [1.807, 2.05) is 26.2 Å². The average Bonchev–Trinajstić information content (AvgIpc) is 3.26. The van der Waals surface area contributed by atoms with Crippen LogP contribution in [0.2, 0.25) is 0 Å². The molecule has 0 saturated carbocycles. The number of anilines is 2. The molecule has 3 rings (SSSR count). The molecular weight excluding hydrogens is 348 g/mol. The number of H-pyrrole nitrogens is 1. The molecule has 0 aliphatic rings. The number of nitrogens with zero attached hydrogens (tertiary/aromatic N) is 3. The van der Waals surface area contributed by atoms with Gasteiger partial charge in [0.05, 0.1) is 26.5 Å². The molecule has 8 heteroatoms. The van der Waals surface area contributed by atoms with Crippen molar-refractivity contribution in [1.29, 1.82) is 0 Å². The van der Waals surface area contributed by atoms with Crippen LogP contribution in [0.15, 0.2) is 18.3 Å². The van der Waals surface area contributed by atoms with E-state index in [4.69, 9.17) is 4.98 Å². The van der Waals surface area contributed by atoms with E-state index in [0.29, 0.717) is 0 Å². The van der Waals surface area contributed by atoms with E-state index in [-0.39, 0.29) is 5.91 Å². The molecule has 0 unspecified atom stereocenters. The van der Waals surface area contributed by atoms with Gasteiger partial charge in [-0.15, -0.1) is 11.3 Å². The van der Waals surface area contributed by atoms with Gasteiger partial charge in [-0.2, -0.15) is 5.10 Å². The first-order valence-corrected chi connectivity index (χ1v) is 9.40. The first-order valence-electron chi connectivity index (χ1n) is 8.58. The lowest BCUT2D eigenvalue weighted by molar-refractivity contribution is -0.127. The smallest absolute Gasteiger partial charge is 0.219 e. The molecule has 3 aromatic rings. The van der Waals surface area contributed by atoms with Gasteiger partial charge in [0.1, 0.15) is 5.82 Å². The van der Waals surface area contributed by atoms with Gasteiger partial charge in [0, 0.05) is 46.4 Å². The SMILES string of the molecule is CNc1cc(NCCCN(C)C(C)=O)c2sc(-c3ccn[nH]3)c(C)c2n1. The number of aryl methyl sites for hydroxylation is 1.